The Bertz CT molecular complexity index is 1270. The van der Waals surface area contributed by atoms with Crippen LogP contribution < -0.4 is 9.73 Å². The van der Waals surface area contributed by atoms with Crippen molar-refractivity contribution in [2.24, 2.45) is 5.10 Å². The maximum Gasteiger partial charge on any atom is 0.416 e. The summed E-state index contributed by atoms with van der Waals surface area (Å²) in [6.07, 6.45) is -3.38. The number of carbonyl (C=O) groups is 1. The first-order chi connectivity index (χ1) is 15.5. The van der Waals surface area contributed by atoms with Crippen LogP contribution in [0.3, 0.4) is 0 Å². The number of carbonyl (C=O) groups excluding carboxylic acids is 1. The number of halogens is 3. The van der Waals surface area contributed by atoms with E-state index in [1.165, 1.54) is 55.6 Å². The molecule has 0 atom stereocenters. The standard InChI is InChI=1S/C23H20F3N3O3S/c1-16-6-12-21(13-7-16)33(31,32)29(2)20-10-8-18(9-11-20)22(30)28-27-15-17-4-3-5-19(14-17)23(24,25)26/h3-15H,1-2H3,(H,28,30)/b27-15-. The number of alkyl halides is 3. The summed E-state index contributed by atoms with van der Waals surface area (Å²) in [4.78, 5) is 12.4. The van der Waals surface area contributed by atoms with Crippen LogP contribution >= 0.6 is 0 Å². The van der Waals surface area contributed by atoms with E-state index < -0.39 is 27.7 Å². The van der Waals surface area contributed by atoms with Gasteiger partial charge in [0.25, 0.3) is 15.9 Å². The largest absolute Gasteiger partial charge is 0.416 e. The second-order valence-corrected chi connectivity index (χ2v) is 9.12. The molecular formula is C23H20F3N3O3S. The average Bonchev–Trinajstić information content (AvgIpc) is 2.78. The molecule has 1 N–H and O–H groups in total. The predicted molar refractivity (Wildman–Crippen MR) is 120 cm³/mol. The van der Waals surface area contributed by atoms with Crippen LogP contribution in [0.2, 0.25) is 0 Å². The van der Waals surface area contributed by atoms with E-state index in [1.54, 1.807) is 12.1 Å². The van der Waals surface area contributed by atoms with Gasteiger partial charge in [0.05, 0.1) is 22.4 Å². The summed E-state index contributed by atoms with van der Waals surface area (Å²) >= 11 is 0. The van der Waals surface area contributed by atoms with Crippen molar-refractivity contribution in [3.63, 3.8) is 0 Å². The van der Waals surface area contributed by atoms with Crippen LogP contribution in [0, 0.1) is 6.92 Å². The van der Waals surface area contributed by atoms with E-state index in [-0.39, 0.29) is 16.0 Å². The summed E-state index contributed by atoms with van der Waals surface area (Å²) in [7, 11) is -2.37. The molecule has 33 heavy (non-hydrogen) atoms. The molecule has 0 aromatic heterocycles. The van der Waals surface area contributed by atoms with Crippen LogP contribution in [0.15, 0.2) is 82.8 Å². The molecule has 172 valence electrons. The number of amides is 1. The molecule has 1 amide bonds. The van der Waals surface area contributed by atoms with Crippen molar-refractivity contribution < 1.29 is 26.4 Å². The minimum absolute atomic E-state index is 0.140. The van der Waals surface area contributed by atoms with Gasteiger partial charge >= 0.3 is 6.18 Å². The first kappa shape index (κ1) is 24.0. The molecule has 0 spiro atoms. The number of rotatable bonds is 6. The van der Waals surface area contributed by atoms with E-state index in [4.69, 9.17) is 0 Å². The third-order valence-corrected chi connectivity index (χ3v) is 6.57. The van der Waals surface area contributed by atoms with E-state index >= 15 is 0 Å². The highest BCUT2D eigenvalue weighted by molar-refractivity contribution is 7.92. The number of aryl methyl sites for hydroxylation is 1. The lowest BCUT2D eigenvalue weighted by Gasteiger charge is -2.19. The molecule has 0 saturated carbocycles. The molecule has 0 aliphatic heterocycles. The van der Waals surface area contributed by atoms with Crippen molar-refractivity contribution in [1.29, 1.82) is 0 Å². The molecule has 0 bridgehead atoms. The lowest BCUT2D eigenvalue weighted by Crippen LogP contribution is -2.26. The van der Waals surface area contributed by atoms with Crippen molar-refractivity contribution in [2.45, 2.75) is 18.0 Å². The number of benzene rings is 3. The van der Waals surface area contributed by atoms with Gasteiger partial charge in [-0.15, -0.1) is 0 Å². The zero-order chi connectivity index (χ0) is 24.2. The number of nitrogens with one attached hydrogen (secondary N) is 1. The van der Waals surface area contributed by atoms with Crippen molar-refractivity contribution in [3.8, 4) is 0 Å². The fraction of sp³-hybridized carbons (Fsp3) is 0.130. The first-order valence-electron chi connectivity index (χ1n) is 9.65. The maximum absolute atomic E-state index is 12.8. The van der Waals surface area contributed by atoms with E-state index in [0.717, 1.165) is 28.2 Å². The van der Waals surface area contributed by atoms with Crippen LogP contribution in [0.4, 0.5) is 18.9 Å². The number of nitrogens with zero attached hydrogens (tertiary/aromatic N) is 2. The predicted octanol–water partition coefficient (Wildman–Crippen LogP) is 4.60. The zero-order valence-electron chi connectivity index (χ0n) is 17.7. The Kier molecular flexibility index (Phi) is 6.87. The van der Waals surface area contributed by atoms with Gasteiger partial charge in [-0.05, 0) is 61.0 Å². The minimum atomic E-state index is -4.48. The Morgan fingerprint density at radius 1 is 1.00 bits per heavy atom. The van der Waals surface area contributed by atoms with Crippen molar-refractivity contribution in [1.82, 2.24) is 5.43 Å². The molecule has 0 aliphatic carbocycles. The molecule has 0 heterocycles. The fourth-order valence-electron chi connectivity index (χ4n) is 2.86. The third-order valence-electron chi connectivity index (χ3n) is 4.77. The number of sulfonamides is 1. The molecule has 0 fully saturated rings. The molecule has 3 aromatic rings. The highest BCUT2D eigenvalue weighted by Gasteiger charge is 2.30. The van der Waals surface area contributed by atoms with Crippen molar-refractivity contribution in [2.75, 3.05) is 11.4 Å². The van der Waals surface area contributed by atoms with Gasteiger partial charge in [0.15, 0.2) is 0 Å². The molecule has 0 unspecified atom stereocenters. The van der Waals surface area contributed by atoms with Gasteiger partial charge in [0, 0.05) is 12.6 Å². The van der Waals surface area contributed by atoms with E-state index in [9.17, 15) is 26.4 Å². The summed E-state index contributed by atoms with van der Waals surface area (Å²) < 4.78 is 64.9. The highest BCUT2D eigenvalue weighted by atomic mass is 32.2. The molecule has 3 aromatic carbocycles. The summed E-state index contributed by atoms with van der Waals surface area (Å²) in [5, 5.41) is 3.69. The van der Waals surface area contributed by atoms with Gasteiger partial charge in [-0.2, -0.15) is 18.3 Å². The number of anilines is 1. The van der Waals surface area contributed by atoms with E-state index in [2.05, 4.69) is 10.5 Å². The number of hydrazone groups is 1. The highest BCUT2D eigenvalue weighted by Crippen LogP contribution is 2.29. The Morgan fingerprint density at radius 3 is 2.24 bits per heavy atom. The van der Waals surface area contributed by atoms with Crippen LogP contribution in [0.1, 0.15) is 27.0 Å². The number of hydrogen-bond acceptors (Lipinski definition) is 4. The first-order valence-corrected chi connectivity index (χ1v) is 11.1. The summed E-state index contributed by atoms with van der Waals surface area (Å²) in [6, 6.07) is 16.7. The average molecular weight is 475 g/mol. The van der Waals surface area contributed by atoms with Gasteiger partial charge in [0.2, 0.25) is 0 Å². The molecule has 0 aliphatic rings. The Balaban J connectivity index is 1.68. The second kappa shape index (κ2) is 9.45. The van der Waals surface area contributed by atoms with Crippen LogP contribution in [-0.4, -0.2) is 27.6 Å². The van der Waals surface area contributed by atoms with E-state index in [0.29, 0.717) is 5.69 Å². The zero-order valence-corrected chi connectivity index (χ0v) is 18.5. The summed E-state index contributed by atoms with van der Waals surface area (Å²) in [5.41, 5.74) is 3.06. The lowest BCUT2D eigenvalue weighted by atomic mass is 10.1. The quantitative estimate of drug-likeness (QED) is 0.418. The molecule has 0 saturated heterocycles. The van der Waals surface area contributed by atoms with Gasteiger partial charge in [-0.25, -0.2) is 13.8 Å². The van der Waals surface area contributed by atoms with Crippen LogP contribution in [-0.2, 0) is 16.2 Å². The minimum Gasteiger partial charge on any atom is -0.269 e. The molecule has 6 nitrogen and oxygen atoms in total. The topological polar surface area (TPSA) is 78.8 Å². The Labute approximate surface area is 189 Å². The third kappa shape index (κ3) is 5.78. The van der Waals surface area contributed by atoms with Crippen molar-refractivity contribution in [3.05, 3.63) is 95.1 Å². The summed E-state index contributed by atoms with van der Waals surface area (Å²) in [5.74, 6) is -0.603. The molecule has 10 heteroatoms. The Morgan fingerprint density at radius 2 is 1.64 bits per heavy atom. The normalized spacial score (nSPS) is 12.0. The van der Waals surface area contributed by atoms with Gasteiger partial charge in [-0.3, -0.25) is 9.10 Å². The molecule has 0 radical (unpaired) electrons. The Hall–Kier alpha value is -3.66. The smallest absolute Gasteiger partial charge is 0.269 e. The van der Waals surface area contributed by atoms with Gasteiger partial charge in [0.1, 0.15) is 0 Å². The molecular weight excluding hydrogens is 455 g/mol. The lowest BCUT2D eigenvalue weighted by molar-refractivity contribution is -0.137. The second-order valence-electron chi connectivity index (χ2n) is 7.15. The summed E-state index contributed by atoms with van der Waals surface area (Å²) in [6.45, 7) is 1.85. The maximum atomic E-state index is 12.8. The number of hydrogen-bond donors (Lipinski definition) is 1. The van der Waals surface area contributed by atoms with Gasteiger partial charge in [-0.1, -0.05) is 29.8 Å². The SMILES string of the molecule is Cc1ccc(S(=O)(=O)N(C)c2ccc(C(=O)N/N=C\c3cccc(C(F)(F)F)c3)cc2)cc1. The van der Waals surface area contributed by atoms with Crippen LogP contribution in [0.5, 0.6) is 0 Å². The van der Waals surface area contributed by atoms with Gasteiger partial charge < -0.3 is 0 Å². The monoisotopic (exact) mass is 475 g/mol. The van der Waals surface area contributed by atoms with Crippen molar-refractivity contribution >= 4 is 27.8 Å². The fourth-order valence-corrected chi connectivity index (χ4v) is 4.05. The van der Waals surface area contributed by atoms with E-state index in [1.807, 2.05) is 6.92 Å². The van der Waals surface area contributed by atoms with Crippen LogP contribution in [0.25, 0.3) is 0 Å². The molecule has 3 rings (SSSR count).